The van der Waals surface area contributed by atoms with Crippen molar-refractivity contribution in [2.45, 2.75) is 44.8 Å². The summed E-state index contributed by atoms with van der Waals surface area (Å²) in [5.41, 5.74) is 3.06. The first kappa shape index (κ1) is 20.4. The molecule has 30 heavy (non-hydrogen) atoms. The Morgan fingerprint density at radius 3 is 2.50 bits per heavy atom. The Morgan fingerprint density at radius 2 is 1.87 bits per heavy atom. The van der Waals surface area contributed by atoms with E-state index in [0.29, 0.717) is 30.0 Å². The highest BCUT2D eigenvalue weighted by molar-refractivity contribution is 7.93. The molecule has 0 bridgehead atoms. The molecular formula is C22H26N4O3S. The molecule has 3 N–H and O–H groups in total. The van der Waals surface area contributed by atoms with Gasteiger partial charge in [-0.15, -0.1) is 0 Å². The summed E-state index contributed by atoms with van der Waals surface area (Å²) in [6.45, 7) is 3.75. The van der Waals surface area contributed by atoms with Gasteiger partial charge >= 0.3 is 0 Å². The molecule has 1 saturated carbocycles. The maximum atomic E-state index is 12.5. The lowest BCUT2D eigenvalue weighted by Crippen LogP contribution is -2.26. The van der Waals surface area contributed by atoms with Gasteiger partial charge in [0.05, 0.1) is 5.25 Å². The number of nitrogens with one attached hydrogen (secondary N) is 3. The molecule has 0 radical (unpaired) electrons. The largest absolute Gasteiger partial charge is 0.346 e. The summed E-state index contributed by atoms with van der Waals surface area (Å²) < 4.78 is 27.7. The van der Waals surface area contributed by atoms with E-state index in [2.05, 4.69) is 20.0 Å². The first-order chi connectivity index (χ1) is 14.4. The van der Waals surface area contributed by atoms with E-state index in [1.165, 1.54) is 0 Å². The highest BCUT2D eigenvalue weighted by atomic mass is 32.2. The first-order valence-electron chi connectivity index (χ1n) is 10.3. The second-order valence-electron chi connectivity index (χ2n) is 7.72. The highest BCUT2D eigenvalue weighted by Gasteiger charge is 2.30. The van der Waals surface area contributed by atoms with Crippen LogP contribution in [0.1, 0.15) is 39.5 Å². The fraction of sp³-hybridized carbons (Fsp3) is 0.364. The minimum atomic E-state index is -3.41. The number of amides is 1. The standard InChI is InChI=1S/C22H26N4O3S/c1-3-17(4-2)30(28,29)26-16-9-7-14(8-10-16)19-13-20(25-22(27)15-5-6-15)24-21-18(19)11-12-23-21/h7-13,15,17,26H,3-6H2,1-2H3,(H2,23,24,25,27). The van der Waals surface area contributed by atoms with Gasteiger partial charge in [-0.1, -0.05) is 26.0 Å². The predicted molar refractivity (Wildman–Crippen MR) is 120 cm³/mol. The van der Waals surface area contributed by atoms with Gasteiger partial charge in [0.25, 0.3) is 0 Å². The predicted octanol–water partition coefficient (Wildman–Crippen LogP) is 4.51. The van der Waals surface area contributed by atoms with E-state index in [-0.39, 0.29) is 11.8 Å². The van der Waals surface area contributed by atoms with Gasteiger partial charge in [-0.2, -0.15) is 0 Å². The molecule has 0 unspecified atom stereocenters. The van der Waals surface area contributed by atoms with E-state index in [1.807, 2.05) is 44.3 Å². The summed E-state index contributed by atoms with van der Waals surface area (Å²) in [4.78, 5) is 19.8. The Kier molecular flexibility index (Phi) is 5.51. The molecule has 0 spiro atoms. The summed E-state index contributed by atoms with van der Waals surface area (Å²) in [6.07, 6.45) is 4.81. The SMILES string of the molecule is CCC(CC)S(=O)(=O)Nc1ccc(-c2cc(NC(=O)C3CC3)nc3[nH]ccc23)cc1. The lowest BCUT2D eigenvalue weighted by molar-refractivity contribution is -0.117. The third-order valence-electron chi connectivity index (χ3n) is 5.53. The number of carbonyl (C=O) groups excluding carboxylic acids is 1. The van der Waals surface area contributed by atoms with Crippen LogP contribution < -0.4 is 10.0 Å². The zero-order valence-corrected chi connectivity index (χ0v) is 17.9. The molecule has 1 aliphatic carbocycles. The van der Waals surface area contributed by atoms with E-state index < -0.39 is 15.3 Å². The van der Waals surface area contributed by atoms with Gasteiger partial charge in [-0.05, 0) is 61.1 Å². The van der Waals surface area contributed by atoms with Crippen molar-refractivity contribution < 1.29 is 13.2 Å². The lowest BCUT2D eigenvalue weighted by atomic mass is 10.0. The molecule has 3 aromatic rings. The molecule has 2 heterocycles. The highest BCUT2D eigenvalue weighted by Crippen LogP contribution is 2.33. The normalized spacial score (nSPS) is 14.2. The molecule has 0 saturated heterocycles. The second kappa shape index (κ2) is 8.10. The number of rotatable bonds is 8. The smallest absolute Gasteiger partial charge is 0.235 e. The van der Waals surface area contributed by atoms with Crippen LogP contribution in [0.5, 0.6) is 0 Å². The van der Waals surface area contributed by atoms with Crippen molar-refractivity contribution in [3.63, 3.8) is 0 Å². The Morgan fingerprint density at radius 1 is 1.17 bits per heavy atom. The average Bonchev–Trinajstić information content (AvgIpc) is 3.46. The van der Waals surface area contributed by atoms with Gasteiger partial charge in [0.15, 0.2) is 0 Å². The third-order valence-corrected chi connectivity index (χ3v) is 7.60. The molecule has 7 nitrogen and oxygen atoms in total. The van der Waals surface area contributed by atoms with Gasteiger partial charge in [0.1, 0.15) is 11.5 Å². The van der Waals surface area contributed by atoms with Crippen LogP contribution in [0.2, 0.25) is 0 Å². The number of fused-ring (bicyclic) bond motifs is 1. The number of hydrogen-bond acceptors (Lipinski definition) is 4. The number of anilines is 2. The zero-order chi connectivity index (χ0) is 21.3. The van der Waals surface area contributed by atoms with Crippen molar-refractivity contribution in [3.05, 3.63) is 42.6 Å². The second-order valence-corrected chi connectivity index (χ2v) is 9.68. The first-order valence-corrected chi connectivity index (χ1v) is 11.9. The van der Waals surface area contributed by atoms with Crippen LogP contribution in [0.15, 0.2) is 42.6 Å². The fourth-order valence-electron chi connectivity index (χ4n) is 3.61. The van der Waals surface area contributed by atoms with Crippen molar-refractivity contribution in [2.75, 3.05) is 10.0 Å². The van der Waals surface area contributed by atoms with Gasteiger partial charge in [0, 0.05) is 23.2 Å². The molecule has 158 valence electrons. The van der Waals surface area contributed by atoms with Gasteiger partial charge in [-0.25, -0.2) is 13.4 Å². The molecule has 8 heteroatoms. The number of pyridine rings is 1. The number of carbonyl (C=O) groups is 1. The van der Waals surface area contributed by atoms with Crippen LogP contribution in [-0.2, 0) is 14.8 Å². The number of benzene rings is 1. The van der Waals surface area contributed by atoms with Crippen LogP contribution in [0.4, 0.5) is 11.5 Å². The number of H-pyrrole nitrogens is 1. The van der Waals surface area contributed by atoms with Crippen LogP contribution in [0.25, 0.3) is 22.2 Å². The molecule has 0 atom stereocenters. The minimum Gasteiger partial charge on any atom is -0.346 e. The molecule has 1 amide bonds. The van der Waals surface area contributed by atoms with Crippen molar-refractivity contribution in [1.29, 1.82) is 0 Å². The van der Waals surface area contributed by atoms with E-state index >= 15 is 0 Å². The summed E-state index contributed by atoms with van der Waals surface area (Å²) in [5.74, 6) is 0.609. The summed E-state index contributed by atoms with van der Waals surface area (Å²) in [6, 6.07) is 11.1. The Bertz CT molecular complexity index is 1160. The average molecular weight is 427 g/mol. The van der Waals surface area contributed by atoms with Crippen LogP contribution >= 0.6 is 0 Å². The molecule has 1 aromatic carbocycles. The topological polar surface area (TPSA) is 104 Å². The van der Waals surface area contributed by atoms with E-state index in [0.717, 1.165) is 29.4 Å². The van der Waals surface area contributed by atoms with E-state index in [1.54, 1.807) is 12.1 Å². The van der Waals surface area contributed by atoms with Crippen molar-refractivity contribution in [1.82, 2.24) is 9.97 Å². The van der Waals surface area contributed by atoms with Gasteiger partial charge in [0.2, 0.25) is 15.9 Å². The Balaban J connectivity index is 1.62. The maximum Gasteiger partial charge on any atom is 0.235 e. The summed E-state index contributed by atoms with van der Waals surface area (Å²) in [7, 11) is -3.41. The number of nitrogens with zero attached hydrogens (tertiary/aromatic N) is 1. The summed E-state index contributed by atoms with van der Waals surface area (Å²) in [5, 5.41) is 3.43. The third kappa shape index (κ3) is 4.18. The van der Waals surface area contributed by atoms with Gasteiger partial charge in [-0.3, -0.25) is 9.52 Å². The molecule has 1 aliphatic rings. The molecular weight excluding hydrogens is 400 g/mol. The molecule has 0 aliphatic heterocycles. The Labute approximate surface area is 176 Å². The fourth-order valence-corrected chi connectivity index (χ4v) is 5.12. The van der Waals surface area contributed by atoms with Crippen molar-refractivity contribution in [2.24, 2.45) is 5.92 Å². The number of sulfonamides is 1. The van der Waals surface area contributed by atoms with Crippen LogP contribution in [0, 0.1) is 5.92 Å². The van der Waals surface area contributed by atoms with E-state index in [9.17, 15) is 13.2 Å². The Hall–Kier alpha value is -2.87. The zero-order valence-electron chi connectivity index (χ0n) is 17.1. The maximum absolute atomic E-state index is 12.5. The van der Waals surface area contributed by atoms with Crippen molar-refractivity contribution >= 4 is 38.5 Å². The lowest BCUT2D eigenvalue weighted by Gasteiger charge is -2.16. The quantitative estimate of drug-likeness (QED) is 0.493. The molecule has 4 rings (SSSR count). The number of aromatic amines is 1. The number of hydrogen-bond donors (Lipinski definition) is 3. The summed E-state index contributed by atoms with van der Waals surface area (Å²) >= 11 is 0. The van der Waals surface area contributed by atoms with Crippen molar-refractivity contribution in [3.8, 4) is 11.1 Å². The molecule has 2 aromatic heterocycles. The van der Waals surface area contributed by atoms with E-state index in [4.69, 9.17) is 0 Å². The molecule has 1 fully saturated rings. The number of aromatic nitrogens is 2. The van der Waals surface area contributed by atoms with Gasteiger partial charge < -0.3 is 10.3 Å². The minimum absolute atomic E-state index is 0.00510. The van der Waals surface area contributed by atoms with Crippen LogP contribution in [-0.4, -0.2) is 29.5 Å². The van der Waals surface area contributed by atoms with Crippen LogP contribution in [0.3, 0.4) is 0 Å². The monoisotopic (exact) mass is 426 g/mol.